The SMILES string of the molecule is CCOC(=O)c1nc(C)n(C)c1/N=N/c1c(C)nn(-c2cc(-n3nc(C)c(/N=N/c4c(C(C)=O)nc(C)n4C)c3N)ncn2)c1N. The molecule has 0 aliphatic carbocycles. The smallest absolute Gasteiger partial charge is 0.360 e. The molecule has 0 bridgehead atoms. The minimum absolute atomic E-state index is 0.0374. The van der Waals surface area contributed by atoms with Crippen molar-refractivity contribution in [3.05, 3.63) is 46.8 Å². The van der Waals surface area contributed by atoms with Crippen LogP contribution in [-0.4, -0.2) is 67.0 Å². The van der Waals surface area contributed by atoms with Gasteiger partial charge in [0.1, 0.15) is 18.0 Å². The molecule has 0 spiro atoms. The number of esters is 1. The number of hydrogen-bond donors (Lipinski definition) is 2. The van der Waals surface area contributed by atoms with Gasteiger partial charge in [-0.1, -0.05) is 0 Å². The number of carbonyl (C=O) groups excluding carboxylic acids is 2. The van der Waals surface area contributed by atoms with Gasteiger partial charge in [-0.05, 0) is 34.6 Å². The van der Waals surface area contributed by atoms with E-state index in [9.17, 15) is 9.59 Å². The molecule has 5 rings (SSSR count). The lowest BCUT2D eigenvalue weighted by molar-refractivity contribution is 0.0520. The minimum Gasteiger partial charge on any atom is -0.461 e. The fraction of sp³-hybridized carbons (Fsp3) is 0.333. The summed E-state index contributed by atoms with van der Waals surface area (Å²) < 4.78 is 11.1. The van der Waals surface area contributed by atoms with Crippen molar-refractivity contribution in [2.45, 2.75) is 41.5 Å². The Morgan fingerprint density at radius 3 is 1.70 bits per heavy atom. The van der Waals surface area contributed by atoms with E-state index >= 15 is 0 Å². The van der Waals surface area contributed by atoms with Crippen LogP contribution in [0.1, 0.15) is 57.9 Å². The first-order valence-electron chi connectivity index (χ1n) is 13.9. The van der Waals surface area contributed by atoms with Crippen molar-refractivity contribution in [1.29, 1.82) is 0 Å². The van der Waals surface area contributed by atoms with E-state index in [-0.39, 0.29) is 46.9 Å². The number of nitrogens with two attached hydrogens (primary N) is 2. The van der Waals surface area contributed by atoms with Gasteiger partial charge in [-0.2, -0.15) is 19.6 Å². The first-order valence-corrected chi connectivity index (χ1v) is 13.9. The normalized spacial score (nSPS) is 11.7. The van der Waals surface area contributed by atoms with E-state index in [1.165, 1.54) is 22.6 Å². The molecule has 5 aromatic heterocycles. The van der Waals surface area contributed by atoms with E-state index in [4.69, 9.17) is 16.2 Å². The summed E-state index contributed by atoms with van der Waals surface area (Å²) in [7, 11) is 3.45. The monoisotopic (exact) mass is 628 g/mol. The Bertz CT molecular complexity index is 2060. The first-order chi connectivity index (χ1) is 21.8. The topological polar surface area (TPSA) is 242 Å². The number of ether oxygens (including phenoxy) is 1. The van der Waals surface area contributed by atoms with Gasteiger partial charge in [-0.15, -0.1) is 20.5 Å². The van der Waals surface area contributed by atoms with E-state index < -0.39 is 5.97 Å². The molecule has 0 aromatic carbocycles. The number of nitrogen functional groups attached to an aromatic ring is 2. The summed E-state index contributed by atoms with van der Waals surface area (Å²) in [5, 5.41) is 26.1. The second-order valence-electron chi connectivity index (χ2n) is 10.2. The summed E-state index contributed by atoms with van der Waals surface area (Å²) in [4.78, 5) is 41.6. The van der Waals surface area contributed by atoms with E-state index in [1.54, 1.807) is 63.9 Å². The predicted molar refractivity (Wildman–Crippen MR) is 165 cm³/mol. The van der Waals surface area contributed by atoms with Gasteiger partial charge in [-0.3, -0.25) is 4.79 Å². The highest BCUT2D eigenvalue weighted by Gasteiger charge is 2.23. The van der Waals surface area contributed by atoms with Gasteiger partial charge in [0.2, 0.25) is 0 Å². The summed E-state index contributed by atoms with van der Waals surface area (Å²) in [6.45, 7) is 10.2. The lowest BCUT2D eigenvalue weighted by Gasteiger charge is -2.06. The van der Waals surface area contributed by atoms with Gasteiger partial charge in [-0.25, -0.2) is 24.7 Å². The average Bonchev–Trinajstić information content (AvgIpc) is 3.68. The van der Waals surface area contributed by atoms with Crippen LogP contribution >= 0.6 is 0 Å². The molecule has 0 fully saturated rings. The number of imidazole rings is 2. The summed E-state index contributed by atoms with van der Waals surface area (Å²) in [6.07, 6.45) is 1.31. The van der Waals surface area contributed by atoms with Crippen LogP contribution in [-0.2, 0) is 18.8 Å². The molecular formula is C27H32N16O3. The standard InChI is InChI=1S/C27H32N16O3/c1-9-46-27(45)22-26(41(8)16(6)33-22)37-35-20-13(3)39-43(24(20)29)18-10-17(30-11-31-18)42-23(28)19(12(2)38-42)34-36-25-21(14(4)44)32-15(5)40(25)7/h10-11H,9,28-29H2,1-8H3/b36-34+,37-35+. The summed E-state index contributed by atoms with van der Waals surface area (Å²) in [6, 6.07) is 1.58. The average molecular weight is 629 g/mol. The van der Waals surface area contributed by atoms with Crippen LogP contribution in [0.5, 0.6) is 0 Å². The van der Waals surface area contributed by atoms with Crippen molar-refractivity contribution in [3.8, 4) is 11.6 Å². The largest absolute Gasteiger partial charge is 0.461 e. The zero-order valence-corrected chi connectivity index (χ0v) is 26.5. The molecule has 0 atom stereocenters. The van der Waals surface area contributed by atoms with Gasteiger partial charge in [0, 0.05) is 27.1 Å². The number of nitrogens with zero attached hydrogens (tertiary/aromatic N) is 14. The highest BCUT2D eigenvalue weighted by Crippen LogP contribution is 2.33. The molecule has 19 heteroatoms. The molecule has 0 aliphatic heterocycles. The predicted octanol–water partition coefficient (Wildman–Crippen LogP) is 3.92. The number of azo groups is 2. The number of carbonyl (C=O) groups is 2. The molecular weight excluding hydrogens is 596 g/mol. The maximum atomic E-state index is 12.4. The van der Waals surface area contributed by atoms with Crippen molar-refractivity contribution >= 4 is 46.4 Å². The third-order valence-electron chi connectivity index (χ3n) is 7.07. The van der Waals surface area contributed by atoms with Crippen LogP contribution in [0.3, 0.4) is 0 Å². The van der Waals surface area contributed by atoms with Gasteiger partial charge >= 0.3 is 5.97 Å². The second-order valence-corrected chi connectivity index (χ2v) is 10.2. The maximum Gasteiger partial charge on any atom is 0.360 e. The third-order valence-corrected chi connectivity index (χ3v) is 7.07. The fourth-order valence-corrected chi connectivity index (χ4v) is 4.43. The summed E-state index contributed by atoms with van der Waals surface area (Å²) in [5.41, 5.74) is 14.6. The molecule has 46 heavy (non-hydrogen) atoms. The van der Waals surface area contributed by atoms with Crippen LogP contribution in [0.4, 0.5) is 34.6 Å². The third kappa shape index (κ3) is 5.48. The van der Waals surface area contributed by atoms with Crippen LogP contribution in [0.25, 0.3) is 11.6 Å². The second kappa shape index (κ2) is 12.1. The van der Waals surface area contributed by atoms with E-state index in [0.717, 1.165) is 0 Å². The maximum absolute atomic E-state index is 12.4. The van der Waals surface area contributed by atoms with E-state index in [1.807, 2.05) is 0 Å². The first kappa shape index (κ1) is 31.3. The van der Waals surface area contributed by atoms with Crippen LogP contribution < -0.4 is 11.5 Å². The number of aromatic nitrogens is 10. The van der Waals surface area contributed by atoms with Crippen molar-refractivity contribution in [2.24, 2.45) is 34.6 Å². The Kier molecular flexibility index (Phi) is 8.23. The van der Waals surface area contributed by atoms with Crippen LogP contribution in [0, 0.1) is 27.7 Å². The zero-order chi connectivity index (χ0) is 33.4. The fourth-order valence-electron chi connectivity index (χ4n) is 4.43. The molecule has 5 heterocycles. The molecule has 0 saturated heterocycles. The van der Waals surface area contributed by atoms with Crippen molar-refractivity contribution in [3.63, 3.8) is 0 Å². The lowest BCUT2D eigenvalue weighted by atomic mass is 10.3. The quantitative estimate of drug-likeness (QED) is 0.134. The van der Waals surface area contributed by atoms with E-state index in [2.05, 4.69) is 50.6 Å². The zero-order valence-electron chi connectivity index (χ0n) is 26.5. The molecule has 4 N–H and O–H groups in total. The lowest BCUT2D eigenvalue weighted by Crippen LogP contribution is -2.09. The molecule has 0 aliphatic rings. The number of hydrogen-bond acceptors (Lipinski definition) is 15. The van der Waals surface area contributed by atoms with Gasteiger partial charge in [0.25, 0.3) is 0 Å². The van der Waals surface area contributed by atoms with Gasteiger partial charge in [0.15, 0.2) is 63.5 Å². The number of aryl methyl sites for hydroxylation is 4. The minimum atomic E-state index is -0.611. The van der Waals surface area contributed by atoms with E-state index in [0.29, 0.717) is 46.2 Å². The van der Waals surface area contributed by atoms with Crippen molar-refractivity contribution < 1.29 is 14.3 Å². The van der Waals surface area contributed by atoms with Crippen LogP contribution in [0.2, 0.25) is 0 Å². The Balaban J connectivity index is 1.48. The summed E-state index contributed by atoms with van der Waals surface area (Å²) >= 11 is 0. The molecule has 0 amide bonds. The molecule has 238 valence electrons. The molecule has 0 saturated carbocycles. The van der Waals surface area contributed by atoms with Crippen molar-refractivity contribution in [2.75, 3.05) is 18.1 Å². The Morgan fingerprint density at radius 2 is 1.24 bits per heavy atom. The Labute approximate surface area is 262 Å². The molecule has 5 aromatic rings. The Hall–Kier alpha value is -6.14. The highest BCUT2D eigenvalue weighted by molar-refractivity contribution is 5.96. The number of rotatable bonds is 9. The Morgan fingerprint density at radius 1 is 0.783 bits per heavy atom. The summed E-state index contributed by atoms with van der Waals surface area (Å²) in [5.74, 6) is 1.70. The number of Topliss-reactive ketones (excluding diaryl/α,β-unsaturated/α-hetero) is 1. The van der Waals surface area contributed by atoms with Crippen molar-refractivity contribution in [1.82, 2.24) is 48.6 Å². The molecule has 19 nitrogen and oxygen atoms in total. The highest BCUT2D eigenvalue weighted by atomic mass is 16.5. The number of ketones is 1. The molecule has 0 radical (unpaired) electrons. The molecule has 0 unspecified atom stereocenters. The number of anilines is 2. The van der Waals surface area contributed by atoms with Crippen LogP contribution in [0.15, 0.2) is 32.9 Å². The van der Waals surface area contributed by atoms with Gasteiger partial charge in [0.05, 0.1) is 18.0 Å². The van der Waals surface area contributed by atoms with Gasteiger partial charge < -0.3 is 25.3 Å².